The summed E-state index contributed by atoms with van der Waals surface area (Å²) < 4.78 is 21.0. The maximum Gasteiger partial charge on any atom is 0.226 e. The highest BCUT2D eigenvalue weighted by Crippen LogP contribution is 2.56. The Balaban J connectivity index is 1.29. The number of hydrogen-bond acceptors (Lipinski definition) is 0. The van der Waals surface area contributed by atoms with Crippen LogP contribution in [0.4, 0.5) is 4.39 Å². The number of benzene rings is 4. The summed E-state index contributed by atoms with van der Waals surface area (Å²) in [6, 6.07) is 28.8. The first-order valence-electron chi connectivity index (χ1n) is 16.8. The highest BCUT2D eigenvalue weighted by molar-refractivity contribution is 6.02. The monoisotopic (exact) mass is 600 g/mol. The summed E-state index contributed by atoms with van der Waals surface area (Å²) in [5.41, 5.74) is 13.0. The summed E-state index contributed by atoms with van der Waals surface area (Å²) >= 11 is 0. The third-order valence-corrected chi connectivity index (χ3v) is 12.2. The van der Waals surface area contributed by atoms with Gasteiger partial charge in [-0.25, -0.2) is 4.39 Å². The molecule has 2 aliphatic carbocycles. The van der Waals surface area contributed by atoms with Gasteiger partial charge in [0.15, 0.2) is 24.1 Å². The molecule has 0 N–H and O–H groups in total. The Labute approximate surface area is 269 Å². The minimum absolute atomic E-state index is 0.101. The number of rotatable bonds is 0. The van der Waals surface area contributed by atoms with E-state index in [1.54, 1.807) is 6.07 Å². The standard InChI is InChI=1S/C43H37FN2/c1-24-23-34-28(29-17-18-33(44)39-38(29)41-37-27(20-22-46(34)41)11-8-14-32(37)43(39,4)5)16-15-25-9-6-12-30-35(25)40-36-26(19-21-45(24)40)10-7-13-31(36)42(30,2)3/h6-14,17-22,28,34H,1,15-16,23H2,2-5H3/q+2. The molecule has 2 aromatic heterocycles. The summed E-state index contributed by atoms with van der Waals surface area (Å²) in [5.74, 6) is 0.115. The molecular formula is C43H37FN2+2. The van der Waals surface area contributed by atoms with Crippen molar-refractivity contribution in [3.63, 3.8) is 0 Å². The molecule has 2 atom stereocenters. The summed E-state index contributed by atoms with van der Waals surface area (Å²) in [6.07, 6.45) is 7.26. The lowest BCUT2D eigenvalue weighted by Crippen LogP contribution is -2.51. The minimum atomic E-state index is -0.439. The lowest BCUT2D eigenvalue weighted by molar-refractivity contribution is -0.719. The Kier molecular flexibility index (Phi) is 4.96. The number of pyridine rings is 2. The lowest BCUT2D eigenvalue weighted by Gasteiger charge is -2.40. The van der Waals surface area contributed by atoms with Crippen molar-refractivity contribution in [2.45, 2.75) is 69.7 Å². The molecule has 2 nitrogen and oxygen atoms in total. The SMILES string of the molecule is C=C1CC2C(CCc3cccc4c3-c3c5c(cccc5cc[n+]31)C4(C)C)c1ccc(F)c3c1-c1c4c(cccc4cc[n+]12)C3(C)C. The smallest absolute Gasteiger partial charge is 0.207 e. The van der Waals surface area contributed by atoms with Crippen LogP contribution < -0.4 is 9.13 Å². The third-order valence-electron chi connectivity index (χ3n) is 12.2. The van der Waals surface area contributed by atoms with E-state index in [2.05, 4.69) is 122 Å². The number of aromatic nitrogens is 2. The molecule has 0 amide bonds. The van der Waals surface area contributed by atoms with Crippen LogP contribution in [0.5, 0.6) is 0 Å². The normalized spacial score (nSPS) is 20.8. The van der Waals surface area contributed by atoms with Gasteiger partial charge < -0.3 is 0 Å². The second-order valence-corrected chi connectivity index (χ2v) is 15.1. The predicted molar refractivity (Wildman–Crippen MR) is 183 cm³/mol. The van der Waals surface area contributed by atoms with Crippen LogP contribution in [-0.4, -0.2) is 0 Å². The van der Waals surface area contributed by atoms with Gasteiger partial charge in [-0.3, -0.25) is 0 Å². The highest BCUT2D eigenvalue weighted by atomic mass is 19.1. The van der Waals surface area contributed by atoms with Crippen LogP contribution in [-0.2, 0) is 17.3 Å². The molecule has 4 heterocycles. The van der Waals surface area contributed by atoms with Crippen molar-refractivity contribution in [2.75, 3.05) is 0 Å². The second-order valence-electron chi connectivity index (χ2n) is 15.1. The van der Waals surface area contributed by atoms with E-state index in [4.69, 9.17) is 6.58 Å². The van der Waals surface area contributed by atoms with Crippen LogP contribution in [0.1, 0.15) is 85.9 Å². The number of halogens is 1. The number of allylic oxidation sites excluding steroid dienone is 1. The Morgan fingerprint density at radius 3 is 2.17 bits per heavy atom. The molecule has 0 bridgehead atoms. The molecule has 4 aromatic carbocycles. The number of aryl methyl sites for hydroxylation is 1. The van der Waals surface area contributed by atoms with Crippen molar-refractivity contribution < 1.29 is 13.5 Å². The van der Waals surface area contributed by atoms with Gasteiger partial charge in [-0.05, 0) is 64.1 Å². The van der Waals surface area contributed by atoms with Crippen LogP contribution in [0.25, 0.3) is 49.8 Å². The van der Waals surface area contributed by atoms with E-state index in [0.717, 1.165) is 36.1 Å². The molecule has 0 spiro atoms. The largest absolute Gasteiger partial charge is 0.226 e. The van der Waals surface area contributed by atoms with Crippen LogP contribution in [0.2, 0.25) is 0 Å². The molecule has 0 radical (unpaired) electrons. The predicted octanol–water partition coefficient (Wildman–Crippen LogP) is 9.47. The molecule has 0 saturated carbocycles. The fourth-order valence-electron chi connectivity index (χ4n) is 10.0. The maximum atomic E-state index is 16.1. The van der Waals surface area contributed by atoms with Gasteiger partial charge in [0.25, 0.3) is 0 Å². The van der Waals surface area contributed by atoms with Crippen molar-refractivity contribution in [1.29, 1.82) is 0 Å². The van der Waals surface area contributed by atoms with E-state index in [1.165, 1.54) is 66.3 Å². The molecule has 10 rings (SSSR count). The lowest BCUT2D eigenvalue weighted by atomic mass is 9.64. The van der Waals surface area contributed by atoms with E-state index in [-0.39, 0.29) is 23.2 Å². The molecule has 46 heavy (non-hydrogen) atoms. The average Bonchev–Trinajstić information content (AvgIpc) is 3.05. The first kappa shape index (κ1) is 26.6. The van der Waals surface area contributed by atoms with Gasteiger partial charge in [-0.2, -0.15) is 9.13 Å². The van der Waals surface area contributed by atoms with E-state index in [9.17, 15) is 0 Å². The van der Waals surface area contributed by atoms with E-state index in [0.29, 0.717) is 0 Å². The Bertz CT molecular complexity index is 2390. The van der Waals surface area contributed by atoms with Crippen molar-refractivity contribution in [1.82, 2.24) is 0 Å². The zero-order chi connectivity index (χ0) is 31.3. The Morgan fingerprint density at radius 2 is 1.39 bits per heavy atom. The van der Waals surface area contributed by atoms with Gasteiger partial charge in [0, 0.05) is 34.4 Å². The first-order chi connectivity index (χ1) is 22.2. The van der Waals surface area contributed by atoms with Crippen molar-refractivity contribution >= 4 is 27.2 Å². The van der Waals surface area contributed by atoms with Crippen molar-refractivity contribution in [3.05, 3.63) is 137 Å². The fraction of sp³-hybridized carbons (Fsp3) is 0.256. The van der Waals surface area contributed by atoms with E-state index in [1.807, 2.05) is 0 Å². The summed E-state index contributed by atoms with van der Waals surface area (Å²) in [4.78, 5) is 0. The molecular weight excluding hydrogens is 563 g/mol. The average molecular weight is 601 g/mol. The van der Waals surface area contributed by atoms with Gasteiger partial charge in [-0.1, -0.05) is 88.4 Å². The summed E-state index contributed by atoms with van der Waals surface area (Å²) in [5, 5.41) is 5.12. The van der Waals surface area contributed by atoms with Gasteiger partial charge >= 0.3 is 0 Å². The van der Waals surface area contributed by atoms with Crippen LogP contribution in [0, 0.1) is 5.82 Å². The molecule has 0 saturated heterocycles. The number of nitrogens with zero attached hydrogens (tertiary/aromatic N) is 2. The molecule has 4 aliphatic rings. The molecule has 2 aliphatic heterocycles. The summed E-state index contributed by atoms with van der Waals surface area (Å²) in [6.45, 7) is 14.0. The number of hydrogen-bond donors (Lipinski definition) is 0. The molecule has 3 heteroatoms. The summed E-state index contributed by atoms with van der Waals surface area (Å²) in [7, 11) is 0. The van der Waals surface area contributed by atoms with Crippen molar-refractivity contribution in [2.24, 2.45) is 0 Å². The first-order valence-corrected chi connectivity index (χ1v) is 16.8. The molecule has 0 fully saturated rings. The topological polar surface area (TPSA) is 7.76 Å². The zero-order valence-electron chi connectivity index (χ0n) is 26.9. The molecule has 2 unspecified atom stereocenters. The van der Waals surface area contributed by atoms with Gasteiger partial charge in [0.2, 0.25) is 11.4 Å². The highest BCUT2D eigenvalue weighted by Gasteiger charge is 2.50. The Morgan fingerprint density at radius 1 is 0.717 bits per heavy atom. The van der Waals surface area contributed by atoms with Crippen LogP contribution in [0.3, 0.4) is 0 Å². The van der Waals surface area contributed by atoms with Gasteiger partial charge in [-0.15, -0.1) is 0 Å². The zero-order valence-corrected chi connectivity index (χ0v) is 26.9. The van der Waals surface area contributed by atoms with Gasteiger partial charge in [0.1, 0.15) is 5.82 Å². The maximum absolute atomic E-state index is 16.1. The van der Waals surface area contributed by atoms with Crippen LogP contribution >= 0.6 is 0 Å². The Hall–Kier alpha value is -4.63. The number of fused-ring (bicyclic) bond motifs is 3. The van der Waals surface area contributed by atoms with Crippen molar-refractivity contribution in [3.8, 4) is 22.5 Å². The molecule has 224 valence electrons. The van der Waals surface area contributed by atoms with Gasteiger partial charge in [0.05, 0.1) is 28.3 Å². The van der Waals surface area contributed by atoms with Crippen LogP contribution in [0.15, 0.2) is 97.8 Å². The molecule has 6 aromatic rings. The quantitative estimate of drug-likeness (QED) is 0.154. The van der Waals surface area contributed by atoms with E-state index < -0.39 is 5.41 Å². The van der Waals surface area contributed by atoms with E-state index >= 15 is 4.39 Å². The fourth-order valence-corrected chi connectivity index (χ4v) is 10.0. The third kappa shape index (κ3) is 3.07. The second kappa shape index (κ2) is 8.59. The minimum Gasteiger partial charge on any atom is -0.207 e.